The highest BCUT2D eigenvalue weighted by Gasteiger charge is 2.28. The van der Waals surface area contributed by atoms with Crippen molar-refractivity contribution in [1.29, 1.82) is 0 Å². The molecule has 1 aromatic carbocycles. The lowest BCUT2D eigenvalue weighted by molar-refractivity contribution is 0.623. The SMILES string of the molecule is CCCN(c1cc(F)cc(CN)c1)C1CC1. The minimum atomic E-state index is -0.181. The normalized spacial score (nSPS) is 15.2. The Balaban J connectivity index is 2.25. The molecule has 2 N–H and O–H groups in total. The maximum Gasteiger partial charge on any atom is 0.125 e. The first-order valence-electron chi connectivity index (χ1n) is 6.00. The molecular formula is C13H19FN2. The first-order chi connectivity index (χ1) is 7.74. The van der Waals surface area contributed by atoms with Crippen LogP contribution in [0.3, 0.4) is 0 Å². The van der Waals surface area contributed by atoms with Crippen molar-refractivity contribution in [3.8, 4) is 0 Å². The van der Waals surface area contributed by atoms with Crippen LogP contribution in [-0.4, -0.2) is 12.6 Å². The second kappa shape index (κ2) is 4.83. The molecule has 1 saturated carbocycles. The molecule has 2 rings (SSSR count). The fourth-order valence-corrected chi connectivity index (χ4v) is 2.07. The number of rotatable bonds is 5. The van der Waals surface area contributed by atoms with Crippen molar-refractivity contribution in [2.45, 2.75) is 38.8 Å². The molecule has 0 radical (unpaired) electrons. The van der Waals surface area contributed by atoms with Crippen molar-refractivity contribution in [2.75, 3.05) is 11.4 Å². The van der Waals surface area contributed by atoms with E-state index in [1.165, 1.54) is 18.9 Å². The van der Waals surface area contributed by atoms with Gasteiger partial charge in [-0.1, -0.05) is 6.92 Å². The summed E-state index contributed by atoms with van der Waals surface area (Å²) in [5, 5.41) is 0. The molecule has 0 bridgehead atoms. The third kappa shape index (κ3) is 2.53. The van der Waals surface area contributed by atoms with Gasteiger partial charge in [0.15, 0.2) is 0 Å². The Labute approximate surface area is 96.2 Å². The number of anilines is 1. The van der Waals surface area contributed by atoms with Crippen LogP contribution in [0.15, 0.2) is 18.2 Å². The van der Waals surface area contributed by atoms with Crippen LogP contribution in [0.5, 0.6) is 0 Å². The number of hydrogen-bond acceptors (Lipinski definition) is 2. The van der Waals surface area contributed by atoms with Gasteiger partial charge in [-0.2, -0.15) is 0 Å². The van der Waals surface area contributed by atoms with Crippen molar-refractivity contribution in [3.63, 3.8) is 0 Å². The van der Waals surface area contributed by atoms with Gasteiger partial charge in [-0.3, -0.25) is 0 Å². The fourth-order valence-electron chi connectivity index (χ4n) is 2.07. The second-order valence-corrected chi connectivity index (χ2v) is 4.45. The Morgan fingerprint density at radius 3 is 2.69 bits per heavy atom. The van der Waals surface area contributed by atoms with E-state index in [-0.39, 0.29) is 5.82 Å². The average Bonchev–Trinajstić information content (AvgIpc) is 3.08. The lowest BCUT2D eigenvalue weighted by Crippen LogP contribution is -2.26. The molecule has 0 unspecified atom stereocenters. The summed E-state index contributed by atoms with van der Waals surface area (Å²) in [4.78, 5) is 2.31. The van der Waals surface area contributed by atoms with Gasteiger partial charge in [-0.25, -0.2) is 4.39 Å². The Morgan fingerprint density at radius 2 is 2.12 bits per heavy atom. The molecule has 88 valence electrons. The van der Waals surface area contributed by atoms with Crippen molar-refractivity contribution in [2.24, 2.45) is 5.73 Å². The molecule has 2 nitrogen and oxygen atoms in total. The predicted molar refractivity (Wildman–Crippen MR) is 65.0 cm³/mol. The van der Waals surface area contributed by atoms with Gasteiger partial charge in [-0.05, 0) is 43.0 Å². The monoisotopic (exact) mass is 222 g/mol. The van der Waals surface area contributed by atoms with Gasteiger partial charge < -0.3 is 10.6 Å². The minimum Gasteiger partial charge on any atom is -0.368 e. The zero-order valence-electron chi connectivity index (χ0n) is 9.75. The highest BCUT2D eigenvalue weighted by molar-refractivity contribution is 5.51. The Bertz CT molecular complexity index is 361. The summed E-state index contributed by atoms with van der Waals surface area (Å²) in [6.45, 7) is 3.55. The van der Waals surface area contributed by atoms with Crippen molar-refractivity contribution >= 4 is 5.69 Å². The smallest absolute Gasteiger partial charge is 0.125 e. The van der Waals surface area contributed by atoms with E-state index in [1.54, 1.807) is 6.07 Å². The summed E-state index contributed by atoms with van der Waals surface area (Å²) >= 11 is 0. The molecule has 0 amide bonds. The molecule has 0 heterocycles. The van der Waals surface area contributed by atoms with Crippen LogP contribution in [-0.2, 0) is 6.54 Å². The maximum atomic E-state index is 13.4. The first-order valence-corrected chi connectivity index (χ1v) is 6.00. The molecule has 3 heteroatoms. The lowest BCUT2D eigenvalue weighted by Gasteiger charge is -2.24. The number of hydrogen-bond donors (Lipinski definition) is 1. The van der Waals surface area contributed by atoms with Crippen LogP contribution < -0.4 is 10.6 Å². The van der Waals surface area contributed by atoms with E-state index in [1.807, 2.05) is 6.07 Å². The van der Waals surface area contributed by atoms with E-state index in [0.29, 0.717) is 12.6 Å². The summed E-state index contributed by atoms with van der Waals surface area (Å²) in [7, 11) is 0. The van der Waals surface area contributed by atoms with E-state index < -0.39 is 0 Å². The third-order valence-corrected chi connectivity index (χ3v) is 2.96. The second-order valence-electron chi connectivity index (χ2n) is 4.45. The van der Waals surface area contributed by atoms with Gasteiger partial charge >= 0.3 is 0 Å². The minimum absolute atomic E-state index is 0.181. The van der Waals surface area contributed by atoms with Crippen LogP contribution >= 0.6 is 0 Å². The number of nitrogens with zero attached hydrogens (tertiary/aromatic N) is 1. The average molecular weight is 222 g/mol. The first kappa shape index (κ1) is 11.4. The van der Waals surface area contributed by atoms with Crippen molar-refractivity contribution < 1.29 is 4.39 Å². The molecule has 1 aliphatic rings. The zero-order chi connectivity index (χ0) is 11.5. The van der Waals surface area contributed by atoms with Crippen LogP contribution in [0.1, 0.15) is 31.7 Å². The third-order valence-electron chi connectivity index (χ3n) is 2.96. The molecule has 0 aliphatic heterocycles. The number of nitrogens with two attached hydrogens (primary N) is 1. The van der Waals surface area contributed by atoms with Gasteiger partial charge in [0.05, 0.1) is 0 Å². The topological polar surface area (TPSA) is 29.3 Å². The Hall–Kier alpha value is -1.09. The fraction of sp³-hybridized carbons (Fsp3) is 0.538. The molecule has 0 saturated heterocycles. The molecule has 0 spiro atoms. The van der Waals surface area contributed by atoms with E-state index in [9.17, 15) is 4.39 Å². The predicted octanol–water partition coefficient (Wildman–Crippen LogP) is 2.66. The number of benzene rings is 1. The molecule has 0 atom stereocenters. The summed E-state index contributed by atoms with van der Waals surface area (Å²) in [6, 6.07) is 5.76. The molecule has 0 aromatic heterocycles. The van der Waals surface area contributed by atoms with E-state index >= 15 is 0 Å². The van der Waals surface area contributed by atoms with Gasteiger partial charge in [0, 0.05) is 24.8 Å². The van der Waals surface area contributed by atoms with Crippen LogP contribution in [0, 0.1) is 5.82 Å². The van der Waals surface area contributed by atoms with Crippen molar-refractivity contribution in [3.05, 3.63) is 29.6 Å². The Morgan fingerprint density at radius 1 is 1.38 bits per heavy atom. The van der Waals surface area contributed by atoms with E-state index in [4.69, 9.17) is 5.73 Å². The summed E-state index contributed by atoms with van der Waals surface area (Å²) < 4.78 is 13.4. The standard InChI is InChI=1S/C13H19FN2/c1-2-5-16(12-3-4-12)13-7-10(9-15)6-11(14)8-13/h6-8,12H,2-5,9,15H2,1H3. The summed E-state index contributed by atoms with van der Waals surface area (Å²) in [6.07, 6.45) is 3.55. The zero-order valence-corrected chi connectivity index (χ0v) is 9.75. The number of halogens is 1. The molecule has 1 aromatic rings. The van der Waals surface area contributed by atoms with Gasteiger partial charge in [0.2, 0.25) is 0 Å². The van der Waals surface area contributed by atoms with Crippen LogP contribution in [0.25, 0.3) is 0 Å². The quantitative estimate of drug-likeness (QED) is 0.830. The Kier molecular flexibility index (Phi) is 3.44. The summed E-state index contributed by atoms with van der Waals surface area (Å²) in [5.41, 5.74) is 7.43. The van der Waals surface area contributed by atoms with Crippen molar-refractivity contribution in [1.82, 2.24) is 0 Å². The maximum absolute atomic E-state index is 13.4. The molecule has 1 fully saturated rings. The lowest BCUT2D eigenvalue weighted by atomic mass is 10.1. The van der Waals surface area contributed by atoms with Gasteiger partial charge in [-0.15, -0.1) is 0 Å². The van der Waals surface area contributed by atoms with Crippen LogP contribution in [0.4, 0.5) is 10.1 Å². The van der Waals surface area contributed by atoms with Gasteiger partial charge in [0.1, 0.15) is 5.82 Å². The van der Waals surface area contributed by atoms with Gasteiger partial charge in [0.25, 0.3) is 0 Å². The molecular weight excluding hydrogens is 203 g/mol. The van der Waals surface area contributed by atoms with Crippen LogP contribution in [0.2, 0.25) is 0 Å². The van der Waals surface area contributed by atoms with E-state index in [2.05, 4.69) is 11.8 Å². The highest BCUT2D eigenvalue weighted by Crippen LogP contribution is 2.32. The largest absolute Gasteiger partial charge is 0.368 e. The highest BCUT2D eigenvalue weighted by atomic mass is 19.1. The molecule has 16 heavy (non-hydrogen) atoms. The van der Waals surface area contributed by atoms with E-state index in [0.717, 1.165) is 24.2 Å². The summed E-state index contributed by atoms with van der Waals surface area (Å²) in [5.74, 6) is -0.181. The molecule has 1 aliphatic carbocycles.